The molecule has 0 bridgehead atoms. The summed E-state index contributed by atoms with van der Waals surface area (Å²) in [5.74, 6) is -2.08. The van der Waals surface area contributed by atoms with Crippen molar-refractivity contribution in [1.82, 2.24) is 10.2 Å². The molecule has 17 atom stereocenters. The van der Waals surface area contributed by atoms with Crippen molar-refractivity contribution in [2.24, 2.45) is 23.2 Å². The molecule has 1 spiro atoms. The van der Waals surface area contributed by atoms with E-state index < -0.39 is 83.1 Å². The average molecular weight is 731 g/mol. The Balaban J connectivity index is 1.77. The van der Waals surface area contributed by atoms with Crippen LogP contribution in [0.5, 0.6) is 0 Å². The minimum absolute atomic E-state index is 0.0568. The Hall–Kier alpha value is -0.970. The van der Waals surface area contributed by atoms with Crippen molar-refractivity contribution in [2.45, 2.75) is 180 Å². The first kappa shape index (κ1) is 42.8. The molecule has 4 N–H and O–H groups in total. The van der Waals surface area contributed by atoms with E-state index >= 15 is 0 Å². The van der Waals surface area contributed by atoms with Crippen molar-refractivity contribution in [3.63, 3.8) is 0 Å². The third-order valence-electron chi connectivity index (χ3n) is 12.8. The third kappa shape index (κ3) is 8.80. The second-order valence-corrected chi connectivity index (χ2v) is 17.6. The number of carbonyl (C=O) groups is 1. The highest BCUT2D eigenvalue weighted by Crippen LogP contribution is 2.51. The van der Waals surface area contributed by atoms with Crippen LogP contribution in [0, 0.1) is 23.2 Å². The van der Waals surface area contributed by atoms with Gasteiger partial charge in [0.25, 0.3) is 0 Å². The summed E-state index contributed by atoms with van der Waals surface area (Å²) in [5, 5.41) is 38.9. The zero-order chi connectivity index (χ0) is 38.4. The lowest BCUT2D eigenvalue weighted by molar-refractivity contribution is -0.315. The van der Waals surface area contributed by atoms with Crippen molar-refractivity contribution in [3.8, 4) is 0 Å². The Kier molecular flexibility index (Phi) is 13.4. The number of ether oxygens (including phenoxy) is 7. The quantitative estimate of drug-likeness (QED) is 0.234. The summed E-state index contributed by atoms with van der Waals surface area (Å²) >= 11 is 0. The van der Waals surface area contributed by atoms with E-state index in [1.807, 2.05) is 74.4 Å². The smallest absolute Gasteiger partial charge is 0.311 e. The molecule has 0 saturated carbocycles. The maximum absolute atomic E-state index is 14.2. The van der Waals surface area contributed by atoms with E-state index in [0.717, 1.165) is 0 Å². The predicted molar refractivity (Wildman–Crippen MR) is 191 cm³/mol. The number of aliphatic hydroxyl groups excluding tert-OH is 2. The summed E-state index contributed by atoms with van der Waals surface area (Å²) in [4.78, 5) is 16.1. The summed E-state index contributed by atoms with van der Waals surface area (Å²) in [6.07, 6.45) is -5.50. The number of esters is 1. The number of hydrogen-bond acceptors (Lipinski definition) is 13. The molecule has 0 aromatic carbocycles. The first-order valence-corrected chi connectivity index (χ1v) is 19.0. The maximum atomic E-state index is 14.2. The number of nitrogens with zero attached hydrogens (tertiary/aromatic N) is 1. The van der Waals surface area contributed by atoms with Crippen LogP contribution in [-0.2, 0) is 38.0 Å². The minimum atomic E-state index is -1.48. The molecule has 4 fully saturated rings. The fraction of sp³-hybridized carbons (Fsp3) is 0.974. The van der Waals surface area contributed by atoms with Crippen molar-refractivity contribution in [2.75, 3.05) is 34.4 Å². The van der Waals surface area contributed by atoms with Crippen molar-refractivity contribution >= 4 is 5.97 Å². The molecule has 0 aromatic rings. The van der Waals surface area contributed by atoms with Crippen LogP contribution in [0.3, 0.4) is 0 Å². The number of rotatable bonds is 6. The molecule has 4 aliphatic rings. The molecular formula is C38H70N2O11. The fourth-order valence-corrected chi connectivity index (χ4v) is 8.79. The number of methoxy groups -OCH3 is 1. The van der Waals surface area contributed by atoms with Gasteiger partial charge in [-0.3, -0.25) is 4.79 Å². The van der Waals surface area contributed by atoms with Crippen LogP contribution in [-0.4, -0.2) is 145 Å². The van der Waals surface area contributed by atoms with Crippen molar-refractivity contribution in [1.29, 1.82) is 0 Å². The number of epoxide rings is 1. The number of cyclic esters (lactones) is 1. The van der Waals surface area contributed by atoms with Gasteiger partial charge in [-0.15, -0.1) is 0 Å². The normalized spacial score (nSPS) is 50.4. The standard InChI is InChI=1S/C38H70N2O11/c1-20-16-36(10,44)32(51-34-29(41)27(40(12)13)15-21(2)47-34)22(3)30(50-28-17-37(11,45-14)38(19-46-38)26(7)48-28)23(4)33(43)49-25(6)35(8,9)31(42)24(5)39-18-20/h20-32,34,39,41-42,44H,15-19H2,1-14H3/t20?,21?,22?,23?,24?,25-,26?,27?,28?,29?,30?,31?,32?,34?,36?,37?,38?/m1/s1. The second kappa shape index (κ2) is 16.0. The Morgan fingerprint density at radius 2 is 1.55 bits per heavy atom. The fourth-order valence-electron chi connectivity index (χ4n) is 8.79. The van der Waals surface area contributed by atoms with E-state index in [1.165, 1.54) is 0 Å². The zero-order valence-electron chi connectivity index (χ0n) is 33.7. The van der Waals surface area contributed by atoms with Gasteiger partial charge in [-0.05, 0) is 87.9 Å². The first-order valence-electron chi connectivity index (χ1n) is 19.0. The molecular weight excluding hydrogens is 660 g/mol. The third-order valence-corrected chi connectivity index (χ3v) is 12.8. The molecule has 4 saturated heterocycles. The van der Waals surface area contributed by atoms with Crippen molar-refractivity contribution < 1.29 is 53.3 Å². The van der Waals surface area contributed by atoms with Crippen LogP contribution in [0.2, 0.25) is 0 Å². The SMILES string of the molecule is COC1(C)CC(OC2C(C)C(=O)O[C@H](C)C(C)(C)C(O)C(C)NCC(C)CC(C)(O)C(OC3OC(C)CC(N(C)C)C3O)C2C)OC(C)C12CO2. The van der Waals surface area contributed by atoms with Gasteiger partial charge in [-0.1, -0.05) is 27.7 Å². The van der Waals surface area contributed by atoms with Crippen LogP contribution in [0.15, 0.2) is 0 Å². The van der Waals surface area contributed by atoms with Gasteiger partial charge in [0, 0.05) is 36.9 Å². The van der Waals surface area contributed by atoms with Crippen LogP contribution in [0.25, 0.3) is 0 Å². The molecule has 0 radical (unpaired) electrons. The molecule has 51 heavy (non-hydrogen) atoms. The highest BCUT2D eigenvalue weighted by Gasteiger charge is 2.67. The van der Waals surface area contributed by atoms with Crippen LogP contribution in [0.4, 0.5) is 0 Å². The van der Waals surface area contributed by atoms with Gasteiger partial charge in [0.2, 0.25) is 0 Å². The van der Waals surface area contributed by atoms with Gasteiger partial charge in [-0.25, -0.2) is 0 Å². The topological polar surface area (TPSA) is 161 Å². The van der Waals surface area contributed by atoms with Gasteiger partial charge in [-0.2, -0.15) is 0 Å². The Labute approximate surface area is 306 Å². The molecule has 4 heterocycles. The molecule has 298 valence electrons. The van der Waals surface area contributed by atoms with Crippen LogP contribution < -0.4 is 5.32 Å². The highest BCUT2D eigenvalue weighted by atomic mass is 16.7. The first-order chi connectivity index (χ1) is 23.5. The highest BCUT2D eigenvalue weighted by molar-refractivity contribution is 5.73. The van der Waals surface area contributed by atoms with E-state index in [1.54, 1.807) is 27.9 Å². The number of nitrogens with one attached hydrogen (secondary N) is 1. The van der Waals surface area contributed by atoms with Crippen LogP contribution >= 0.6 is 0 Å². The molecule has 4 aliphatic heterocycles. The lowest BCUT2D eigenvalue weighted by Gasteiger charge is -2.49. The van der Waals surface area contributed by atoms with Gasteiger partial charge in [0.15, 0.2) is 12.6 Å². The van der Waals surface area contributed by atoms with E-state index in [0.29, 0.717) is 32.4 Å². The lowest BCUT2D eigenvalue weighted by atomic mass is 9.77. The van der Waals surface area contributed by atoms with Gasteiger partial charge in [0.1, 0.15) is 23.4 Å². The summed E-state index contributed by atoms with van der Waals surface area (Å²) in [7, 11) is 5.47. The molecule has 0 aliphatic carbocycles. The molecule has 13 heteroatoms. The monoisotopic (exact) mass is 730 g/mol. The second-order valence-electron chi connectivity index (χ2n) is 17.6. The number of carbonyl (C=O) groups excluding carboxylic acids is 1. The van der Waals surface area contributed by atoms with E-state index in [4.69, 9.17) is 33.2 Å². The largest absolute Gasteiger partial charge is 0.462 e. The molecule has 0 amide bonds. The van der Waals surface area contributed by atoms with Crippen molar-refractivity contribution in [3.05, 3.63) is 0 Å². The Morgan fingerprint density at radius 1 is 0.922 bits per heavy atom. The lowest BCUT2D eigenvalue weighted by Crippen LogP contribution is -2.61. The molecule has 13 nitrogen and oxygen atoms in total. The van der Waals surface area contributed by atoms with E-state index in [2.05, 4.69) is 5.32 Å². The minimum Gasteiger partial charge on any atom is -0.462 e. The predicted octanol–water partition coefficient (Wildman–Crippen LogP) is 2.85. The maximum Gasteiger partial charge on any atom is 0.311 e. The summed E-state index contributed by atoms with van der Waals surface area (Å²) in [5.41, 5.74) is -3.58. The van der Waals surface area contributed by atoms with Crippen LogP contribution in [0.1, 0.15) is 95.4 Å². The summed E-state index contributed by atoms with van der Waals surface area (Å²) < 4.78 is 44.3. The summed E-state index contributed by atoms with van der Waals surface area (Å²) in [6.45, 7) is 21.8. The molecule has 0 aromatic heterocycles. The van der Waals surface area contributed by atoms with E-state index in [9.17, 15) is 20.1 Å². The zero-order valence-corrected chi connectivity index (χ0v) is 33.7. The summed E-state index contributed by atoms with van der Waals surface area (Å²) in [6, 6.07) is -0.559. The van der Waals surface area contributed by atoms with Gasteiger partial charge < -0.3 is 58.7 Å². The Bertz CT molecular complexity index is 1170. The molecule has 16 unspecified atom stereocenters. The number of hydrogen-bond donors (Lipinski definition) is 4. The number of likely N-dealkylation sites (N-methyl/N-ethyl adjacent to an activating group) is 1. The Morgan fingerprint density at radius 3 is 2.12 bits per heavy atom. The molecule has 4 rings (SSSR count). The average Bonchev–Trinajstić information content (AvgIpc) is 3.86. The van der Waals surface area contributed by atoms with Gasteiger partial charge in [0.05, 0.1) is 48.6 Å². The van der Waals surface area contributed by atoms with E-state index in [-0.39, 0.29) is 30.2 Å². The van der Waals surface area contributed by atoms with Gasteiger partial charge >= 0.3 is 5.97 Å². The number of aliphatic hydroxyl groups is 3.